The van der Waals surface area contributed by atoms with Crippen molar-refractivity contribution in [1.29, 1.82) is 0 Å². The van der Waals surface area contributed by atoms with E-state index in [1.807, 2.05) is 44.2 Å². The molecule has 10 nitrogen and oxygen atoms in total. The van der Waals surface area contributed by atoms with Crippen LogP contribution in [-0.4, -0.2) is 97.9 Å². The van der Waals surface area contributed by atoms with Crippen LogP contribution in [0.15, 0.2) is 36.9 Å². The van der Waals surface area contributed by atoms with E-state index in [1.54, 1.807) is 14.2 Å². The molecule has 12 heteroatoms. The van der Waals surface area contributed by atoms with Gasteiger partial charge >= 0.3 is 0 Å². The Hall–Kier alpha value is -1.62. The van der Waals surface area contributed by atoms with Crippen molar-refractivity contribution < 1.29 is 42.2 Å². The Bertz CT molecular complexity index is 1360. The molecule has 2 aliphatic heterocycles. The molecule has 3 rings (SSSR count). The van der Waals surface area contributed by atoms with Crippen molar-refractivity contribution >= 4 is 22.5 Å². The first-order chi connectivity index (χ1) is 24.2. The lowest BCUT2D eigenvalue weighted by Gasteiger charge is -2.51. The number of amides is 1. The number of hydrogen-bond acceptors (Lipinski definition) is 9. The number of epoxide rings is 1. The van der Waals surface area contributed by atoms with Crippen molar-refractivity contribution in [2.24, 2.45) is 17.8 Å². The Kier molecular flexibility index (Phi) is 14.9. The second kappa shape index (κ2) is 17.3. The Morgan fingerprint density at radius 3 is 2.04 bits per heavy atom. The van der Waals surface area contributed by atoms with E-state index in [0.29, 0.717) is 19.8 Å². The highest BCUT2D eigenvalue weighted by Gasteiger charge is 2.65. The minimum Gasteiger partial charge on any atom is -0.497 e. The second-order valence-electron chi connectivity index (χ2n) is 18.8. The molecular formula is C41H73NO9Si2. The predicted molar refractivity (Wildman–Crippen MR) is 216 cm³/mol. The molecule has 2 aliphatic rings. The van der Waals surface area contributed by atoms with Gasteiger partial charge in [0.25, 0.3) is 0 Å². The number of carbonyl (C=O) groups is 1. The molecule has 0 N–H and O–H groups in total. The molecular weight excluding hydrogens is 707 g/mol. The van der Waals surface area contributed by atoms with E-state index in [4.69, 9.17) is 37.4 Å². The van der Waals surface area contributed by atoms with Gasteiger partial charge in [-0.3, -0.25) is 9.63 Å². The Labute approximate surface area is 323 Å². The van der Waals surface area contributed by atoms with Crippen molar-refractivity contribution in [2.45, 2.75) is 154 Å². The molecule has 2 saturated heterocycles. The summed E-state index contributed by atoms with van der Waals surface area (Å²) in [6.07, 6.45) is 0.491. The lowest BCUT2D eigenvalue weighted by atomic mass is 9.77. The van der Waals surface area contributed by atoms with Crippen LogP contribution in [0.25, 0.3) is 0 Å². The lowest BCUT2D eigenvalue weighted by Crippen LogP contribution is -2.61. The van der Waals surface area contributed by atoms with Crippen molar-refractivity contribution in [3.63, 3.8) is 0 Å². The lowest BCUT2D eigenvalue weighted by molar-refractivity contribution is -0.329. The first-order valence-corrected chi connectivity index (χ1v) is 25.0. The maximum absolute atomic E-state index is 13.3. The summed E-state index contributed by atoms with van der Waals surface area (Å²) in [5, 5.41) is 1.15. The van der Waals surface area contributed by atoms with Gasteiger partial charge in [-0.15, -0.1) is 6.58 Å². The van der Waals surface area contributed by atoms with Crippen LogP contribution in [0, 0.1) is 17.8 Å². The van der Waals surface area contributed by atoms with Crippen molar-refractivity contribution in [3.05, 3.63) is 42.5 Å². The number of hydrogen-bond donors (Lipinski definition) is 0. The molecule has 304 valence electrons. The van der Waals surface area contributed by atoms with Gasteiger partial charge in [0.1, 0.15) is 11.4 Å². The van der Waals surface area contributed by atoms with Gasteiger partial charge in [-0.05, 0) is 74.7 Å². The van der Waals surface area contributed by atoms with Crippen LogP contribution in [0.5, 0.6) is 5.75 Å². The van der Waals surface area contributed by atoms with Crippen LogP contribution in [0.2, 0.25) is 36.3 Å². The van der Waals surface area contributed by atoms with Gasteiger partial charge in [-0.25, -0.2) is 5.06 Å². The number of methoxy groups -OCH3 is 1. The van der Waals surface area contributed by atoms with Gasteiger partial charge in [0.05, 0.1) is 58.3 Å². The van der Waals surface area contributed by atoms with Crippen molar-refractivity contribution in [1.82, 2.24) is 5.06 Å². The zero-order valence-corrected chi connectivity index (χ0v) is 38.1. The molecule has 0 bridgehead atoms. The summed E-state index contributed by atoms with van der Waals surface area (Å²) in [6.45, 7) is 36.5. The molecule has 8 atom stereocenters. The number of ether oxygens (including phenoxy) is 5. The molecule has 1 aromatic carbocycles. The molecule has 53 heavy (non-hydrogen) atoms. The van der Waals surface area contributed by atoms with E-state index >= 15 is 0 Å². The highest BCUT2D eigenvalue weighted by atomic mass is 28.4. The third-order valence-electron chi connectivity index (χ3n) is 12.2. The zero-order chi connectivity index (χ0) is 40.4. The Balaban J connectivity index is 2.07. The summed E-state index contributed by atoms with van der Waals surface area (Å²) in [7, 11) is 0.115. The van der Waals surface area contributed by atoms with Gasteiger partial charge < -0.3 is 32.5 Å². The number of carbonyl (C=O) groups excluding carboxylic acids is 1. The molecule has 2 fully saturated rings. The SMILES string of the molecule is C=C[C@@H]1[C@H]([C@H](CO[Si](C)(C)C(C)(C)C)[C@H](O[Si](C)(C)C(C)(C)C)[C@@]2(C)O[C@@H]2[C@@H](C)COCc2ccc(OC)cc2)OC(C)(C)O[C@H]1CC(=O)N(C)OC. The topological polar surface area (TPSA) is 97.5 Å². The monoisotopic (exact) mass is 779 g/mol. The summed E-state index contributed by atoms with van der Waals surface area (Å²) >= 11 is 0. The fourth-order valence-corrected chi connectivity index (χ4v) is 9.09. The summed E-state index contributed by atoms with van der Waals surface area (Å²) in [6, 6.07) is 7.95. The quantitative estimate of drug-likeness (QED) is 0.0627. The fraction of sp³-hybridized carbons (Fsp3) is 0.780. The molecule has 0 saturated carbocycles. The highest BCUT2D eigenvalue weighted by Crippen LogP contribution is 2.53. The Morgan fingerprint density at radius 1 is 0.943 bits per heavy atom. The molecule has 0 unspecified atom stereocenters. The third kappa shape index (κ3) is 11.3. The molecule has 0 aliphatic carbocycles. The maximum atomic E-state index is 13.3. The average Bonchev–Trinajstić information content (AvgIpc) is 3.74. The van der Waals surface area contributed by atoms with Crippen molar-refractivity contribution in [2.75, 3.05) is 34.5 Å². The smallest absolute Gasteiger partial charge is 0.248 e. The molecule has 1 aromatic rings. The predicted octanol–water partition coefficient (Wildman–Crippen LogP) is 8.77. The van der Waals surface area contributed by atoms with Crippen LogP contribution in [0.3, 0.4) is 0 Å². The van der Waals surface area contributed by atoms with E-state index in [-0.39, 0.29) is 46.3 Å². The average molecular weight is 780 g/mol. The fourth-order valence-electron chi connectivity index (χ4n) is 6.65. The van der Waals surface area contributed by atoms with E-state index in [1.165, 1.54) is 12.2 Å². The molecule has 0 spiro atoms. The molecule has 0 aromatic heterocycles. The molecule has 1 amide bonds. The number of nitrogens with zero attached hydrogens (tertiary/aromatic N) is 1. The number of benzene rings is 1. The van der Waals surface area contributed by atoms with Crippen LogP contribution in [-0.2, 0) is 44.0 Å². The summed E-state index contributed by atoms with van der Waals surface area (Å²) in [5.41, 5.74) is 0.429. The van der Waals surface area contributed by atoms with Gasteiger partial charge in [0, 0.05) is 31.4 Å². The van der Waals surface area contributed by atoms with Gasteiger partial charge in [-0.1, -0.05) is 66.7 Å². The molecule has 2 heterocycles. The molecule has 0 radical (unpaired) electrons. The van der Waals surface area contributed by atoms with Crippen LogP contribution in [0.4, 0.5) is 0 Å². The zero-order valence-electron chi connectivity index (χ0n) is 36.1. The summed E-state index contributed by atoms with van der Waals surface area (Å²) in [5.74, 6) is -0.913. The van der Waals surface area contributed by atoms with E-state index < -0.39 is 46.3 Å². The van der Waals surface area contributed by atoms with Gasteiger partial charge in [0.2, 0.25) is 5.91 Å². The van der Waals surface area contributed by atoms with Crippen LogP contribution in [0.1, 0.15) is 81.2 Å². The highest BCUT2D eigenvalue weighted by molar-refractivity contribution is 6.74. The van der Waals surface area contributed by atoms with E-state index in [0.717, 1.165) is 11.3 Å². The first kappa shape index (κ1) is 45.8. The van der Waals surface area contributed by atoms with E-state index in [2.05, 4.69) is 88.2 Å². The van der Waals surface area contributed by atoms with E-state index in [9.17, 15) is 4.79 Å². The minimum absolute atomic E-state index is 0.0150. The number of rotatable bonds is 18. The minimum atomic E-state index is -2.40. The Morgan fingerprint density at radius 2 is 1.53 bits per heavy atom. The summed E-state index contributed by atoms with van der Waals surface area (Å²) < 4.78 is 46.5. The standard InChI is InChI=1S/C41H73NO9Si2/c1-19-31-33(24-34(43)42(12)45-14)48-40(9,10)49-35(31)32(27-47-52(15,16)38(3,4)5)37(51-53(17,18)39(6,7)8)41(11)36(50-41)28(2)25-46-26-29-20-22-30(44-13)23-21-29/h19-23,28,31-33,35-37H,1,24-27H2,2-18H3/t28-,31-,32-,33-,35+,36+,37-,41-/m0/s1. The second-order valence-corrected chi connectivity index (χ2v) is 28.4. The van der Waals surface area contributed by atoms with Crippen molar-refractivity contribution in [3.8, 4) is 5.75 Å². The number of hydroxylamine groups is 2. The maximum Gasteiger partial charge on any atom is 0.248 e. The normalized spacial score (nSPS) is 26.7. The first-order valence-electron chi connectivity index (χ1n) is 19.2. The van der Waals surface area contributed by atoms with Crippen LogP contribution < -0.4 is 4.74 Å². The van der Waals surface area contributed by atoms with Gasteiger partial charge in [0.15, 0.2) is 22.4 Å². The van der Waals surface area contributed by atoms with Crippen LogP contribution >= 0.6 is 0 Å². The third-order valence-corrected chi connectivity index (χ3v) is 21.2. The largest absolute Gasteiger partial charge is 0.497 e. The van der Waals surface area contributed by atoms with Gasteiger partial charge in [-0.2, -0.15) is 0 Å². The summed E-state index contributed by atoms with van der Waals surface area (Å²) in [4.78, 5) is 18.5.